The van der Waals surface area contributed by atoms with Gasteiger partial charge in [-0.15, -0.1) is 0 Å². The van der Waals surface area contributed by atoms with Gasteiger partial charge in [0.05, 0.1) is 17.7 Å². The van der Waals surface area contributed by atoms with Crippen LogP contribution in [0.5, 0.6) is 0 Å². The van der Waals surface area contributed by atoms with Crippen molar-refractivity contribution in [1.82, 2.24) is 4.90 Å². The van der Waals surface area contributed by atoms with Crippen LogP contribution in [0.4, 0.5) is 18.9 Å². The molecule has 2 heterocycles. The summed E-state index contributed by atoms with van der Waals surface area (Å²) in [4.78, 5) is 17.0. The van der Waals surface area contributed by atoms with Gasteiger partial charge in [-0.3, -0.25) is 9.69 Å². The van der Waals surface area contributed by atoms with Gasteiger partial charge in [0.1, 0.15) is 0 Å². The molecule has 2 atom stereocenters. The minimum absolute atomic E-state index is 0.0388. The lowest BCUT2D eigenvalue weighted by Gasteiger charge is -2.31. The lowest BCUT2D eigenvalue weighted by atomic mass is 10.1. The number of benzene rings is 1. The molecule has 0 bridgehead atoms. The van der Waals surface area contributed by atoms with Gasteiger partial charge in [-0.1, -0.05) is 26.8 Å². The Morgan fingerprint density at radius 2 is 1.83 bits per heavy atom. The number of anilines is 1. The summed E-state index contributed by atoms with van der Waals surface area (Å²) in [6.45, 7) is 8.51. The Labute approximate surface area is 172 Å². The number of rotatable bonds is 6. The van der Waals surface area contributed by atoms with Crippen molar-refractivity contribution >= 4 is 19.9 Å². The van der Waals surface area contributed by atoms with Crippen LogP contribution in [-0.4, -0.2) is 50.9 Å². The van der Waals surface area contributed by atoms with Crippen molar-refractivity contribution in [2.75, 3.05) is 24.5 Å². The molecule has 0 unspecified atom stereocenters. The van der Waals surface area contributed by atoms with Crippen LogP contribution in [-0.2, 0) is 15.4 Å². The molecule has 0 radical (unpaired) electrons. The van der Waals surface area contributed by atoms with Crippen molar-refractivity contribution in [3.63, 3.8) is 0 Å². The fourth-order valence-corrected chi connectivity index (χ4v) is 7.51. The maximum absolute atomic E-state index is 13.3. The quantitative estimate of drug-likeness (QED) is 0.604. The van der Waals surface area contributed by atoms with Crippen LogP contribution in [0.1, 0.15) is 39.2 Å². The number of nitrogens with zero attached hydrogens (tertiary/aromatic N) is 2. The minimum Gasteiger partial charge on any atom is -0.413 e. The predicted octanol–water partition coefficient (Wildman–Crippen LogP) is 4.91. The number of fused-ring (bicyclic) bond motifs is 1. The van der Waals surface area contributed by atoms with Crippen LogP contribution in [0.2, 0.25) is 18.1 Å². The van der Waals surface area contributed by atoms with E-state index in [9.17, 15) is 18.0 Å². The third-order valence-corrected chi connectivity index (χ3v) is 11.3. The number of carbonyl (C=O) groups is 1. The van der Waals surface area contributed by atoms with Gasteiger partial charge in [-0.2, -0.15) is 13.2 Å². The summed E-state index contributed by atoms with van der Waals surface area (Å²) in [6, 6.07) is 7.96. The Hall–Kier alpha value is -1.38. The highest BCUT2D eigenvalue weighted by molar-refractivity contribution is 6.73. The summed E-state index contributed by atoms with van der Waals surface area (Å²) in [5.74, 6) is -0.107. The summed E-state index contributed by atoms with van der Waals surface area (Å²) in [5.41, 5.74) is -0.392. The molecule has 1 amide bonds. The van der Waals surface area contributed by atoms with Gasteiger partial charge in [-0.05, 0) is 49.2 Å². The van der Waals surface area contributed by atoms with E-state index in [1.165, 1.54) is 11.0 Å². The summed E-state index contributed by atoms with van der Waals surface area (Å²) in [6.07, 6.45) is -3.01. The van der Waals surface area contributed by atoms with Crippen molar-refractivity contribution < 1.29 is 22.4 Å². The second-order valence-corrected chi connectivity index (χ2v) is 12.8. The molecular formula is C21H31F3N2O2Si. The monoisotopic (exact) mass is 428 g/mol. The molecule has 3 rings (SSSR count). The second kappa shape index (κ2) is 8.77. The first-order valence-electron chi connectivity index (χ1n) is 10.6. The van der Waals surface area contributed by atoms with Crippen molar-refractivity contribution in [2.45, 2.75) is 70.1 Å². The molecule has 1 aromatic carbocycles. The number of hydrogen-bond acceptors (Lipinski definition) is 3. The van der Waals surface area contributed by atoms with Gasteiger partial charge in [-0.25, -0.2) is 0 Å². The SMILES string of the molecule is CC[Si](CC)(CC)O[C@@H]1C[C@H]2C(=O)N(c3cccc(C(F)(F)F)c3)CCCN2C1. The number of carbonyl (C=O) groups excluding carboxylic acids is 1. The lowest BCUT2D eigenvalue weighted by Crippen LogP contribution is -2.42. The largest absolute Gasteiger partial charge is 0.416 e. The molecule has 1 aromatic rings. The van der Waals surface area contributed by atoms with E-state index in [-0.39, 0.29) is 18.1 Å². The predicted molar refractivity (Wildman–Crippen MR) is 110 cm³/mol. The first-order valence-corrected chi connectivity index (χ1v) is 13.2. The van der Waals surface area contributed by atoms with Gasteiger partial charge < -0.3 is 9.33 Å². The van der Waals surface area contributed by atoms with Crippen molar-refractivity contribution in [3.8, 4) is 0 Å². The van der Waals surface area contributed by atoms with Crippen LogP contribution in [0.25, 0.3) is 0 Å². The molecule has 4 nitrogen and oxygen atoms in total. The van der Waals surface area contributed by atoms with E-state index < -0.39 is 20.1 Å². The zero-order valence-electron chi connectivity index (χ0n) is 17.5. The van der Waals surface area contributed by atoms with Crippen molar-refractivity contribution in [3.05, 3.63) is 29.8 Å². The van der Waals surface area contributed by atoms with Gasteiger partial charge in [0.15, 0.2) is 8.32 Å². The summed E-state index contributed by atoms with van der Waals surface area (Å²) in [5, 5.41) is 0. The van der Waals surface area contributed by atoms with E-state index in [4.69, 9.17) is 4.43 Å². The fraction of sp³-hybridized carbons (Fsp3) is 0.667. The van der Waals surface area contributed by atoms with Gasteiger partial charge in [0.25, 0.3) is 0 Å². The minimum atomic E-state index is -4.42. The Bertz CT molecular complexity index is 716. The van der Waals surface area contributed by atoms with Crippen LogP contribution in [0.3, 0.4) is 0 Å². The molecule has 8 heteroatoms. The van der Waals surface area contributed by atoms with Crippen molar-refractivity contribution in [1.29, 1.82) is 0 Å². The first kappa shape index (κ1) is 22.3. The molecule has 2 aliphatic rings. The highest BCUT2D eigenvalue weighted by Gasteiger charge is 2.44. The van der Waals surface area contributed by atoms with Gasteiger partial charge in [0, 0.05) is 25.3 Å². The highest BCUT2D eigenvalue weighted by Crippen LogP contribution is 2.34. The Morgan fingerprint density at radius 3 is 2.45 bits per heavy atom. The molecule has 29 heavy (non-hydrogen) atoms. The molecule has 0 spiro atoms. The van der Waals surface area contributed by atoms with Crippen LogP contribution in [0.15, 0.2) is 24.3 Å². The van der Waals surface area contributed by atoms with Gasteiger partial charge in [0.2, 0.25) is 5.91 Å². The van der Waals surface area contributed by atoms with E-state index >= 15 is 0 Å². The second-order valence-electron chi connectivity index (χ2n) is 8.12. The maximum Gasteiger partial charge on any atom is 0.416 e. The van der Waals surface area contributed by atoms with Crippen LogP contribution >= 0.6 is 0 Å². The number of alkyl halides is 3. The molecule has 2 saturated heterocycles. The smallest absolute Gasteiger partial charge is 0.413 e. The van der Waals surface area contributed by atoms with Gasteiger partial charge >= 0.3 is 6.18 Å². The summed E-state index contributed by atoms with van der Waals surface area (Å²) >= 11 is 0. The normalized spacial score (nSPS) is 23.9. The standard InChI is InChI=1S/C21H31F3N2O2Si/c1-4-29(5-2,6-3)28-18-14-19-20(27)26(12-8-11-25(19)15-18)17-10-7-9-16(13-17)21(22,23)24/h7,9-10,13,18-19H,4-6,8,11-12,14-15H2,1-3H3/t18-,19+/m1/s1. The molecule has 2 fully saturated rings. The Kier molecular flexibility index (Phi) is 6.75. The molecule has 2 aliphatic heterocycles. The average molecular weight is 429 g/mol. The third kappa shape index (κ3) is 4.69. The highest BCUT2D eigenvalue weighted by atomic mass is 28.4. The maximum atomic E-state index is 13.3. The first-order chi connectivity index (χ1) is 13.7. The van der Waals surface area contributed by atoms with Crippen LogP contribution in [0, 0.1) is 0 Å². The Morgan fingerprint density at radius 1 is 1.14 bits per heavy atom. The average Bonchev–Trinajstić information content (AvgIpc) is 3.04. The molecule has 0 aliphatic carbocycles. The zero-order valence-corrected chi connectivity index (χ0v) is 18.5. The summed E-state index contributed by atoms with van der Waals surface area (Å²) < 4.78 is 45.9. The fourth-order valence-electron chi connectivity index (χ4n) is 4.63. The van der Waals surface area contributed by atoms with E-state index in [0.717, 1.165) is 49.8 Å². The third-order valence-electron chi connectivity index (χ3n) is 6.58. The Balaban J connectivity index is 1.78. The van der Waals surface area contributed by atoms with E-state index in [2.05, 4.69) is 25.7 Å². The number of amides is 1. The topological polar surface area (TPSA) is 32.8 Å². The van der Waals surface area contributed by atoms with E-state index in [1.807, 2.05) is 0 Å². The molecular weight excluding hydrogens is 397 g/mol. The van der Waals surface area contributed by atoms with E-state index in [1.54, 1.807) is 6.07 Å². The molecule has 0 aromatic heterocycles. The number of halogens is 3. The molecule has 0 saturated carbocycles. The number of hydrogen-bond donors (Lipinski definition) is 0. The zero-order chi connectivity index (χ0) is 21.2. The van der Waals surface area contributed by atoms with E-state index in [0.29, 0.717) is 18.7 Å². The lowest BCUT2D eigenvalue weighted by molar-refractivity contribution is -0.137. The van der Waals surface area contributed by atoms with Crippen LogP contribution < -0.4 is 4.90 Å². The summed E-state index contributed by atoms with van der Waals surface area (Å²) in [7, 11) is -1.77. The molecule has 0 N–H and O–H groups in total. The molecule has 162 valence electrons. The van der Waals surface area contributed by atoms with Crippen molar-refractivity contribution in [2.24, 2.45) is 0 Å².